The number of nitrogens with one attached hydrogen (secondary N) is 1. The van der Waals surface area contributed by atoms with Crippen LogP contribution in [0.5, 0.6) is 0 Å². The van der Waals surface area contributed by atoms with Crippen molar-refractivity contribution in [3.63, 3.8) is 0 Å². The van der Waals surface area contributed by atoms with Crippen molar-refractivity contribution in [2.45, 2.75) is 17.3 Å². The van der Waals surface area contributed by atoms with Crippen LogP contribution < -0.4 is 10.3 Å². The highest BCUT2D eigenvalue weighted by molar-refractivity contribution is 8.01. The van der Waals surface area contributed by atoms with Gasteiger partial charge in [-0.05, 0) is 34.7 Å². The fourth-order valence-corrected chi connectivity index (χ4v) is 4.73. The summed E-state index contributed by atoms with van der Waals surface area (Å²) in [4.78, 5) is 25.0. The van der Waals surface area contributed by atoms with E-state index in [1.54, 1.807) is 0 Å². The predicted molar refractivity (Wildman–Crippen MR) is 119 cm³/mol. The highest BCUT2D eigenvalue weighted by atomic mass is 35.5. The number of hydrogen-bond donors (Lipinski definition) is 1. The second-order valence-electron chi connectivity index (χ2n) is 6.24. The molecular formula is C18H12Cl3N7O2S. The zero-order valence-electron chi connectivity index (χ0n) is 15.7. The number of amidine groups is 1. The average Bonchev–Trinajstić information content (AvgIpc) is 3.28. The summed E-state index contributed by atoms with van der Waals surface area (Å²) in [5, 5.41) is 19.5. The highest BCUT2D eigenvalue weighted by Crippen LogP contribution is 2.40. The number of aromatic nitrogens is 4. The minimum absolute atomic E-state index is 0.104. The molecule has 0 aliphatic carbocycles. The van der Waals surface area contributed by atoms with Crippen molar-refractivity contribution in [2.24, 2.45) is 5.10 Å². The minimum atomic E-state index is -0.944. The summed E-state index contributed by atoms with van der Waals surface area (Å²) in [6.07, 6.45) is 0. The number of rotatable bonds is 4. The number of halogens is 3. The first-order valence-corrected chi connectivity index (χ1v) is 10.7. The van der Waals surface area contributed by atoms with E-state index in [2.05, 4.69) is 25.9 Å². The van der Waals surface area contributed by atoms with Gasteiger partial charge in [-0.2, -0.15) is 9.69 Å². The number of hydrazone groups is 1. The Bertz CT molecular complexity index is 1180. The van der Waals surface area contributed by atoms with E-state index in [9.17, 15) is 9.59 Å². The van der Waals surface area contributed by atoms with E-state index in [0.717, 1.165) is 16.8 Å². The number of hydrogen-bond acceptors (Lipinski definition) is 7. The van der Waals surface area contributed by atoms with Gasteiger partial charge in [0, 0.05) is 11.9 Å². The normalized spacial score (nSPS) is 15.9. The van der Waals surface area contributed by atoms with Crippen LogP contribution in [0.15, 0.2) is 52.7 Å². The average molecular weight is 497 g/mol. The molecular weight excluding hydrogens is 485 g/mol. The van der Waals surface area contributed by atoms with Crippen molar-refractivity contribution in [3.05, 3.63) is 57.5 Å². The zero-order chi connectivity index (χ0) is 22.1. The number of para-hydroxylation sites is 1. The van der Waals surface area contributed by atoms with Crippen LogP contribution in [0.2, 0.25) is 15.1 Å². The monoisotopic (exact) mass is 495 g/mol. The Morgan fingerprint density at radius 3 is 2.45 bits per heavy atom. The van der Waals surface area contributed by atoms with E-state index < -0.39 is 17.1 Å². The van der Waals surface area contributed by atoms with Crippen LogP contribution in [0, 0.1) is 0 Å². The molecule has 1 aromatic heterocycles. The van der Waals surface area contributed by atoms with Crippen molar-refractivity contribution < 1.29 is 9.59 Å². The summed E-state index contributed by atoms with van der Waals surface area (Å²) in [6.45, 7) is 1.31. The first kappa shape index (κ1) is 21.6. The molecule has 0 spiro atoms. The Balaban J connectivity index is 1.71. The fraction of sp³-hybridized carbons (Fsp3) is 0.111. The molecule has 0 unspecified atom stereocenters. The van der Waals surface area contributed by atoms with E-state index in [1.165, 1.54) is 23.7 Å². The fourth-order valence-electron chi connectivity index (χ4n) is 2.80. The van der Waals surface area contributed by atoms with Gasteiger partial charge in [0.25, 0.3) is 5.91 Å². The van der Waals surface area contributed by atoms with Crippen molar-refractivity contribution in [1.82, 2.24) is 25.5 Å². The standard InChI is InChI=1S/C18H12Cl3N7O2S/c1-9(29)22-16-15(31-18-23-25-26-27(18)11-5-3-2-4-6-11)17(30)28(24-16)14-12(20)7-10(19)8-13(14)21/h2-8,15H,1H3,(H,22,24,29)/t15-/m1/s1. The molecule has 2 amide bonds. The topological polar surface area (TPSA) is 105 Å². The Morgan fingerprint density at radius 2 is 1.81 bits per heavy atom. The maximum atomic E-state index is 13.3. The zero-order valence-corrected chi connectivity index (χ0v) is 18.7. The van der Waals surface area contributed by atoms with E-state index in [-0.39, 0.29) is 21.6 Å². The maximum absolute atomic E-state index is 13.3. The first-order chi connectivity index (χ1) is 14.8. The molecule has 9 nitrogen and oxygen atoms in total. The number of nitrogens with zero attached hydrogens (tertiary/aromatic N) is 6. The van der Waals surface area contributed by atoms with Gasteiger partial charge in [-0.15, -0.1) is 10.2 Å². The molecule has 0 radical (unpaired) electrons. The largest absolute Gasteiger partial charge is 0.312 e. The predicted octanol–water partition coefficient (Wildman–Crippen LogP) is 3.58. The van der Waals surface area contributed by atoms with E-state index in [1.807, 2.05) is 30.3 Å². The van der Waals surface area contributed by atoms with Crippen LogP contribution in [-0.4, -0.2) is 43.1 Å². The first-order valence-electron chi connectivity index (χ1n) is 8.70. The molecule has 1 aliphatic heterocycles. The molecule has 13 heteroatoms. The Morgan fingerprint density at radius 1 is 1.13 bits per heavy atom. The summed E-state index contributed by atoms with van der Waals surface area (Å²) in [7, 11) is 0. The van der Waals surface area contributed by atoms with Crippen molar-refractivity contribution >= 4 is 69.9 Å². The van der Waals surface area contributed by atoms with Gasteiger partial charge in [-0.25, -0.2) is 0 Å². The molecule has 3 aromatic rings. The highest BCUT2D eigenvalue weighted by Gasteiger charge is 2.41. The van der Waals surface area contributed by atoms with Crippen LogP contribution in [-0.2, 0) is 9.59 Å². The van der Waals surface area contributed by atoms with Gasteiger partial charge in [-0.3, -0.25) is 9.59 Å². The summed E-state index contributed by atoms with van der Waals surface area (Å²) >= 11 is 19.5. The SMILES string of the molecule is CC(=O)NC1=NN(c2c(Cl)cc(Cl)cc2Cl)C(=O)[C@@H]1Sc1nnnn1-c1ccccc1. The lowest BCUT2D eigenvalue weighted by molar-refractivity contribution is -0.117. The Kier molecular flexibility index (Phi) is 6.15. The van der Waals surface area contributed by atoms with E-state index in [4.69, 9.17) is 34.8 Å². The molecule has 1 N–H and O–H groups in total. The Labute approximate surface area is 195 Å². The number of carbonyl (C=O) groups excluding carboxylic acids is 2. The third-order valence-corrected chi connectivity index (χ3v) is 5.97. The number of carbonyl (C=O) groups is 2. The van der Waals surface area contributed by atoms with Crippen LogP contribution in [0.3, 0.4) is 0 Å². The third kappa shape index (κ3) is 4.38. The molecule has 2 heterocycles. The van der Waals surface area contributed by atoms with E-state index >= 15 is 0 Å². The quantitative estimate of drug-likeness (QED) is 0.592. The second-order valence-corrected chi connectivity index (χ2v) is 8.56. The molecule has 158 valence electrons. The molecule has 0 bridgehead atoms. The molecule has 2 aromatic carbocycles. The Hall–Kier alpha value is -2.66. The van der Waals surface area contributed by atoms with Gasteiger partial charge < -0.3 is 5.32 Å². The van der Waals surface area contributed by atoms with Crippen molar-refractivity contribution in [1.29, 1.82) is 0 Å². The van der Waals surface area contributed by atoms with Gasteiger partial charge in [0.05, 0.1) is 15.7 Å². The number of anilines is 1. The van der Waals surface area contributed by atoms with Gasteiger partial charge in [0.2, 0.25) is 11.1 Å². The van der Waals surface area contributed by atoms with Crippen molar-refractivity contribution in [3.8, 4) is 5.69 Å². The number of tetrazole rings is 1. The van der Waals surface area contributed by atoms with Crippen LogP contribution in [0.4, 0.5) is 5.69 Å². The number of thioether (sulfide) groups is 1. The van der Waals surface area contributed by atoms with Crippen molar-refractivity contribution in [2.75, 3.05) is 5.01 Å². The van der Waals surface area contributed by atoms with Gasteiger partial charge >= 0.3 is 0 Å². The molecule has 0 fully saturated rings. The molecule has 1 aliphatic rings. The van der Waals surface area contributed by atoms with Gasteiger partial charge in [0.1, 0.15) is 5.69 Å². The molecule has 31 heavy (non-hydrogen) atoms. The van der Waals surface area contributed by atoms with Crippen LogP contribution in [0.25, 0.3) is 5.69 Å². The molecule has 4 rings (SSSR count). The van der Waals surface area contributed by atoms with Crippen LogP contribution >= 0.6 is 46.6 Å². The lowest BCUT2D eigenvalue weighted by atomic mass is 10.3. The molecule has 0 saturated carbocycles. The lowest BCUT2D eigenvalue weighted by Gasteiger charge is -2.16. The third-order valence-electron chi connectivity index (χ3n) is 4.05. The lowest BCUT2D eigenvalue weighted by Crippen LogP contribution is -2.38. The van der Waals surface area contributed by atoms with Gasteiger partial charge in [0.15, 0.2) is 11.1 Å². The number of benzene rings is 2. The maximum Gasteiger partial charge on any atom is 0.268 e. The minimum Gasteiger partial charge on any atom is -0.312 e. The van der Waals surface area contributed by atoms with Crippen LogP contribution in [0.1, 0.15) is 6.92 Å². The number of amides is 2. The summed E-state index contributed by atoms with van der Waals surface area (Å²) in [5.74, 6) is -0.773. The molecule has 0 saturated heterocycles. The smallest absolute Gasteiger partial charge is 0.268 e. The van der Waals surface area contributed by atoms with Gasteiger partial charge in [-0.1, -0.05) is 64.8 Å². The second kappa shape index (κ2) is 8.83. The summed E-state index contributed by atoms with van der Waals surface area (Å²) in [5.41, 5.74) is 0.866. The van der Waals surface area contributed by atoms with E-state index in [0.29, 0.717) is 15.9 Å². The summed E-state index contributed by atoms with van der Waals surface area (Å²) in [6, 6.07) is 12.1. The molecule has 1 atom stereocenters. The summed E-state index contributed by atoms with van der Waals surface area (Å²) < 4.78 is 1.48.